The van der Waals surface area contributed by atoms with Gasteiger partial charge < -0.3 is 19.3 Å². The van der Waals surface area contributed by atoms with Crippen molar-refractivity contribution >= 4 is 11.8 Å². The van der Waals surface area contributed by atoms with Gasteiger partial charge in [-0.25, -0.2) is 0 Å². The first kappa shape index (κ1) is 19.9. The van der Waals surface area contributed by atoms with Crippen molar-refractivity contribution in [1.82, 2.24) is 20.0 Å². The van der Waals surface area contributed by atoms with Gasteiger partial charge in [0.2, 0.25) is 5.91 Å². The van der Waals surface area contributed by atoms with E-state index >= 15 is 0 Å². The summed E-state index contributed by atoms with van der Waals surface area (Å²) in [5.74, 6) is 2.26. The summed E-state index contributed by atoms with van der Waals surface area (Å²) in [6, 6.07) is 7.66. The molecule has 0 spiro atoms. The minimum Gasteiger partial charge on any atom is -0.493 e. The van der Waals surface area contributed by atoms with E-state index in [9.17, 15) is 9.59 Å². The zero-order chi connectivity index (χ0) is 21.5. The maximum Gasteiger partial charge on any atom is 0.271 e. The van der Waals surface area contributed by atoms with Gasteiger partial charge in [-0.05, 0) is 55.4 Å². The molecule has 5 rings (SSSR count). The largest absolute Gasteiger partial charge is 0.493 e. The van der Waals surface area contributed by atoms with E-state index in [4.69, 9.17) is 9.47 Å². The van der Waals surface area contributed by atoms with Crippen LogP contribution in [0.15, 0.2) is 24.3 Å². The van der Waals surface area contributed by atoms with Gasteiger partial charge in [-0.2, -0.15) is 5.10 Å². The zero-order valence-electron chi connectivity index (χ0n) is 18.0. The van der Waals surface area contributed by atoms with Gasteiger partial charge in [-0.1, -0.05) is 0 Å². The smallest absolute Gasteiger partial charge is 0.271 e. The molecule has 8 heteroatoms. The molecule has 0 saturated carbocycles. The van der Waals surface area contributed by atoms with Gasteiger partial charge in [0.1, 0.15) is 5.69 Å². The number of methoxy groups -OCH3 is 2. The van der Waals surface area contributed by atoms with Crippen LogP contribution < -0.4 is 9.47 Å². The van der Waals surface area contributed by atoms with Crippen molar-refractivity contribution in [2.24, 2.45) is 11.8 Å². The second-order valence-corrected chi connectivity index (χ2v) is 8.81. The first-order chi connectivity index (χ1) is 15.1. The summed E-state index contributed by atoms with van der Waals surface area (Å²) in [7, 11) is 3.19. The minimum absolute atomic E-state index is 0.0236. The number of ether oxygens (including phenoxy) is 2. The number of carbonyl (C=O) groups excluding carboxylic acids is 2. The fourth-order valence-corrected chi connectivity index (χ4v) is 5.52. The normalized spacial score (nSPS) is 25.2. The molecule has 3 fully saturated rings. The number of hydrogen-bond donors (Lipinski definition) is 1. The summed E-state index contributed by atoms with van der Waals surface area (Å²) in [5, 5.41) is 7.28. The van der Waals surface area contributed by atoms with Crippen LogP contribution in [-0.2, 0) is 4.79 Å². The number of piperidine rings is 3. The molecule has 1 aromatic carbocycles. The third-order valence-corrected chi connectivity index (χ3v) is 6.95. The average Bonchev–Trinajstić information content (AvgIpc) is 3.29. The lowest BCUT2D eigenvalue weighted by Crippen LogP contribution is -2.61. The maximum absolute atomic E-state index is 13.3. The van der Waals surface area contributed by atoms with Crippen molar-refractivity contribution in [3.8, 4) is 22.8 Å². The van der Waals surface area contributed by atoms with E-state index in [0.29, 0.717) is 60.1 Å². The average molecular weight is 425 g/mol. The second-order valence-electron chi connectivity index (χ2n) is 8.81. The van der Waals surface area contributed by atoms with E-state index in [0.717, 1.165) is 31.4 Å². The number of nitrogens with one attached hydrogen (secondary N) is 1. The zero-order valence-corrected chi connectivity index (χ0v) is 18.0. The van der Waals surface area contributed by atoms with Crippen LogP contribution in [0.1, 0.15) is 36.2 Å². The Morgan fingerprint density at radius 1 is 1.13 bits per heavy atom. The van der Waals surface area contributed by atoms with Crippen molar-refractivity contribution in [3.63, 3.8) is 0 Å². The van der Waals surface area contributed by atoms with Crippen LogP contribution in [0.5, 0.6) is 11.5 Å². The number of carbonyl (C=O) groups is 2. The Morgan fingerprint density at radius 3 is 2.77 bits per heavy atom. The molecule has 3 atom stereocenters. The fraction of sp³-hybridized carbons (Fsp3) is 0.522. The monoisotopic (exact) mass is 424 g/mol. The highest BCUT2D eigenvalue weighted by atomic mass is 16.5. The van der Waals surface area contributed by atoms with E-state index < -0.39 is 0 Å². The van der Waals surface area contributed by atoms with E-state index in [-0.39, 0.29) is 11.9 Å². The Hall–Kier alpha value is -3.03. The highest BCUT2D eigenvalue weighted by Gasteiger charge is 2.45. The van der Waals surface area contributed by atoms with Gasteiger partial charge in [0.05, 0.1) is 19.9 Å². The summed E-state index contributed by atoms with van der Waals surface area (Å²) in [6.45, 7) is 2.18. The number of amides is 2. The molecule has 31 heavy (non-hydrogen) atoms. The predicted octanol–water partition coefficient (Wildman–Crippen LogP) is 2.57. The molecule has 8 nitrogen and oxygen atoms in total. The highest BCUT2D eigenvalue weighted by molar-refractivity contribution is 5.93. The van der Waals surface area contributed by atoms with Gasteiger partial charge in [-0.3, -0.25) is 14.7 Å². The van der Waals surface area contributed by atoms with Gasteiger partial charge in [0.15, 0.2) is 11.5 Å². The Balaban J connectivity index is 1.33. The van der Waals surface area contributed by atoms with Crippen molar-refractivity contribution < 1.29 is 19.1 Å². The number of aromatic amines is 1. The first-order valence-electron chi connectivity index (χ1n) is 10.9. The third kappa shape index (κ3) is 3.54. The van der Waals surface area contributed by atoms with Crippen LogP contribution in [0.2, 0.25) is 0 Å². The molecular weight excluding hydrogens is 396 g/mol. The topological polar surface area (TPSA) is 87.8 Å². The second kappa shape index (κ2) is 7.90. The van der Waals surface area contributed by atoms with E-state index in [2.05, 4.69) is 15.1 Å². The molecule has 164 valence electrons. The van der Waals surface area contributed by atoms with E-state index in [1.807, 2.05) is 23.1 Å². The number of H-pyrrole nitrogens is 1. The number of fused-ring (bicyclic) bond motifs is 4. The van der Waals surface area contributed by atoms with Gasteiger partial charge >= 0.3 is 0 Å². The van der Waals surface area contributed by atoms with Crippen molar-refractivity contribution in [2.75, 3.05) is 33.9 Å². The van der Waals surface area contributed by atoms with Crippen LogP contribution in [0.25, 0.3) is 11.3 Å². The van der Waals surface area contributed by atoms with E-state index in [1.165, 1.54) is 0 Å². The summed E-state index contributed by atoms with van der Waals surface area (Å²) in [6.07, 6.45) is 3.80. The number of hydrogen-bond acceptors (Lipinski definition) is 5. The fourth-order valence-electron chi connectivity index (χ4n) is 5.52. The van der Waals surface area contributed by atoms with Crippen LogP contribution in [0.3, 0.4) is 0 Å². The number of rotatable bonds is 4. The summed E-state index contributed by atoms with van der Waals surface area (Å²) in [5.41, 5.74) is 2.02. The molecule has 2 bridgehead atoms. The standard InChI is InChI=1S/C23H28N4O4/c1-30-20-7-6-15(9-21(20)31-2)17-10-18(25-24-17)23(29)26-11-14-8-16(13-26)19-4-3-5-22(28)27(19)12-14/h6-7,9-10,14,16,19H,3-5,8,11-13H2,1-2H3,(H,24,25)/t14-,16+,19+/m1/s1. The summed E-state index contributed by atoms with van der Waals surface area (Å²) < 4.78 is 10.7. The Morgan fingerprint density at radius 2 is 1.97 bits per heavy atom. The van der Waals surface area contributed by atoms with Gasteiger partial charge in [0.25, 0.3) is 5.91 Å². The lowest BCUT2D eigenvalue weighted by Gasteiger charge is -2.52. The SMILES string of the molecule is COc1ccc(-c2cc(C(=O)N3C[C@H]4C[C@@H](C3)[C@@H]3CCCC(=O)N3C4)[nH]n2)cc1OC. The molecule has 1 aromatic heterocycles. The molecule has 3 aliphatic rings. The predicted molar refractivity (Wildman–Crippen MR) is 114 cm³/mol. The number of likely N-dealkylation sites (tertiary alicyclic amines) is 1. The molecule has 2 aromatic rings. The molecule has 0 unspecified atom stereocenters. The summed E-state index contributed by atoms with van der Waals surface area (Å²) >= 11 is 0. The molecule has 0 aliphatic carbocycles. The van der Waals surface area contributed by atoms with Crippen LogP contribution in [0, 0.1) is 11.8 Å². The van der Waals surface area contributed by atoms with Crippen molar-refractivity contribution in [2.45, 2.75) is 31.7 Å². The van der Waals surface area contributed by atoms with Crippen LogP contribution >= 0.6 is 0 Å². The number of benzene rings is 1. The van der Waals surface area contributed by atoms with E-state index in [1.54, 1.807) is 20.3 Å². The number of aromatic nitrogens is 2. The minimum atomic E-state index is -0.0236. The quantitative estimate of drug-likeness (QED) is 0.815. The Kier molecular flexibility index (Phi) is 5.08. The molecule has 3 saturated heterocycles. The lowest BCUT2D eigenvalue weighted by molar-refractivity contribution is -0.144. The van der Waals surface area contributed by atoms with Crippen molar-refractivity contribution in [1.29, 1.82) is 0 Å². The molecular formula is C23H28N4O4. The molecule has 0 radical (unpaired) electrons. The first-order valence-corrected chi connectivity index (χ1v) is 10.9. The van der Waals surface area contributed by atoms with Crippen molar-refractivity contribution in [3.05, 3.63) is 30.0 Å². The molecule has 3 aliphatic heterocycles. The van der Waals surface area contributed by atoms with Crippen LogP contribution in [0.4, 0.5) is 0 Å². The van der Waals surface area contributed by atoms with Crippen LogP contribution in [-0.4, -0.2) is 71.7 Å². The van der Waals surface area contributed by atoms with Gasteiger partial charge in [-0.15, -0.1) is 0 Å². The Bertz CT molecular complexity index is 1000. The molecule has 4 heterocycles. The lowest BCUT2D eigenvalue weighted by atomic mass is 9.76. The highest BCUT2D eigenvalue weighted by Crippen LogP contribution is 2.38. The maximum atomic E-state index is 13.3. The molecule has 1 N–H and O–H groups in total. The third-order valence-electron chi connectivity index (χ3n) is 6.95. The Labute approximate surface area is 181 Å². The number of nitrogens with zero attached hydrogens (tertiary/aromatic N) is 3. The summed E-state index contributed by atoms with van der Waals surface area (Å²) in [4.78, 5) is 29.6. The van der Waals surface area contributed by atoms with Gasteiger partial charge in [0, 0.05) is 37.7 Å². The molecule has 2 amide bonds.